The van der Waals surface area contributed by atoms with E-state index < -0.39 is 22.4 Å². The van der Waals surface area contributed by atoms with Crippen molar-refractivity contribution < 1.29 is 19.0 Å². The van der Waals surface area contributed by atoms with Gasteiger partial charge in [-0.15, -0.1) is 58.8 Å². The molecule has 0 saturated heterocycles. The van der Waals surface area contributed by atoms with E-state index in [1.165, 1.54) is 17.3 Å². The topological polar surface area (TPSA) is 120 Å². The second-order valence-electron chi connectivity index (χ2n) is 6.48. The lowest BCUT2D eigenvalue weighted by Crippen LogP contribution is -2.22. The number of carbonyl (C=O) groups excluding carboxylic acids is 1. The summed E-state index contributed by atoms with van der Waals surface area (Å²) in [7, 11) is 0. The van der Waals surface area contributed by atoms with Crippen molar-refractivity contribution in [2.24, 2.45) is 9.98 Å². The van der Waals surface area contributed by atoms with Gasteiger partial charge in [0, 0.05) is 61.4 Å². The largest absolute Gasteiger partial charge is 0.611 e. The van der Waals surface area contributed by atoms with E-state index in [4.69, 9.17) is 5.11 Å². The Hall–Kier alpha value is 2.19. The minimum atomic E-state index is -1.15. The Morgan fingerprint density at radius 2 is 1.35 bits per heavy atom. The van der Waals surface area contributed by atoms with E-state index in [1.807, 2.05) is 65.1 Å². The van der Waals surface area contributed by atoms with E-state index in [1.54, 1.807) is 29.1 Å². The van der Waals surface area contributed by atoms with Crippen molar-refractivity contribution in [3.8, 4) is 0 Å². The van der Waals surface area contributed by atoms with Gasteiger partial charge >= 0.3 is 0 Å². The highest BCUT2D eigenvalue weighted by atomic mass is 32.2. The molecule has 2 unspecified atom stereocenters. The molecule has 0 spiro atoms. The molecule has 0 saturated carbocycles. The summed E-state index contributed by atoms with van der Waals surface area (Å²) in [4.78, 5) is 20.2. The predicted molar refractivity (Wildman–Crippen MR) is 189 cm³/mol. The van der Waals surface area contributed by atoms with Crippen LogP contribution in [-0.4, -0.2) is 129 Å². The normalized spacial score (nSPS) is 13.5. The summed E-state index contributed by atoms with van der Waals surface area (Å²) in [6.07, 6.45) is 2.04. The molecule has 218 valence electrons. The monoisotopic (exact) mass is 705 g/mol. The first-order chi connectivity index (χ1) is 18.1. The standard InChI is InChI=1S/C20H39N3O4S10/c1-28-6-2-21-15-37(27)13-11-32-19-34-18-31-9-10-35-20(25)23-4-8-30-17-33-16-29-7-3-22-14-36(26)12-5-24/h14-15,24H,2-13,16-19H2,1H3,(H,23,25)/b21-15+,22-14+. The Morgan fingerprint density at radius 1 is 0.784 bits per heavy atom. The maximum Gasteiger partial charge on any atom is 0.279 e. The SMILES string of the molecule is CSCC/N=C/[S+]([O-])CCSCSCSCCSC(=O)NCCSCSCSCC/N=C/[S+]([O-])CCO. The maximum absolute atomic E-state index is 11.9. The van der Waals surface area contributed by atoms with Crippen LogP contribution in [0.2, 0.25) is 0 Å². The van der Waals surface area contributed by atoms with Crippen molar-refractivity contribution in [3.63, 3.8) is 0 Å². The quantitative estimate of drug-likeness (QED) is 0.0410. The van der Waals surface area contributed by atoms with Crippen molar-refractivity contribution in [3.05, 3.63) is 0 Å². The molecule has 1 amide bonds. The molecule has 2 N–H and O–H groups in total. The lowest BCUT2D eigenvalue weighted by atomic mass is 10.8. The van der Waals surface area contributed by atoms with E-state index in [2.05, 4.69) is 15.3 Å². The Balaban J connectivity index is 3.30. The van der Waals surface area contributed by atoms with E-state index in [0.29, 0.717) is 18.8 Å². The molecule has 0 aromatic rings. The molecule has 7 nitrogen and oxygen atoms in total. The van der Waals surface area contributed by atoms with Crippen LogP contribution in [0, 0.1) is 0 Å². The summed E-state index contributed by atoms with van der Waals surface area (Å²) in [6, 6.07) is 0. The number of thioether (sulfide) groups is 8. The number of hydrogen-bond donors (Lipinski definition) is 2. The molecular weight excluding hydrogens is 667 g/mol. The third-order valence-electron chi connectivity index (χ3n) is 3.54. The van der Waals surface area contributed by atoms with Crippen LogP contribution in [0.3, 0.4) is 0 Å². The molecular formula is C20H39N3O4S10. The highest BCUT2D eigenvalue weighted by Gasteiger charge is 2.04. The fourth-order valence-corrected chi connectivity index (χ4v) is 11.4. The fourth-order valence-electron chi connectivity index (χ4n) is 1.88. The zero-order valence-corrected chi connectivity index (χ0v) is 29.3. The van der Waals surface area contributed by atoms with Gasteiger partial charge in [0.1, 0.15) is 11.5 Å². The van der Waals surface area contributed by atoms with Crippen LogP contribution >= 0.6 is 94.1 Å². The Labute approximate surface area is 263 Å². The van der Waals surface area contributed by atoms with E-state index in [-0.39, 0.29) is 17.6 Å². The smallest absolute Gasteiger partial charge is 0.279 e. The fraction of sp³-hybridized carbons (Fsp3) is 0.850. The predicted octanol–water partition coefficient (Wildman–Crippen LogP) is 4.57. The molecule has 0 fully saturated rings. The van der Waals surface area contributed by atoms with Gasteiger partial charge in [-0.3, -0.25) is 4.79 Å². The van der Waals surface area contributed by atoms with Crippen LogP contribution in [0.5, 0.6) is 0 Å². The lowest BCUT2D eigenvalue weighted by Gasteiger charge is -2.06. The number of amides is 1. The van der Waals surface area contributed by atoms with E-state index >= 15 is 0 Å². The zero-order chi connectivity index (χ0) is 27.2. The highest BCUT2D eigenvalue weighted by molar-refractivity contribution is 8.23. The number of aliphatic hydroxyl groups is 1. The van der Waals surface area contributed by atoms with Crippen LogP contribution in [-0.2, 0) is 22.4 Å². The molecule has 0 aliphatic rings. The van der Waals surface area contributed by atoms with Gasteiger partial charge in [-0.2, -0.15) is 23.5 Å². The second kappa shape index (κ2) is 32.7. The van der Waals surface area contributed by atoms with Gasteiger partial charge in [-0.05, 0) is 28.6 Å². The number of nitrogens with zero attached hydrogens (tertiary/aromatic N) is 2. The molecule has 2 atom stereocenters. The molecule has 0 aromatic carbocycles. The highest BCUT2D eigenvalue weighted by Crippen LogP contribution is 2.19. The van der Waals surface area contributed by atoms with Gasteiger partial charge in [-0.1, -0.05) is 11.8 Å². The summed E-state index contributed by atoms with van der Waals surface area (Å²) >= 11 is 12.0. The van der Waals surface area contributed by atoms with Crippen molar-refractivity contribution in [2.75, 3.05) is 98.9 Å². The number of hydrogen-bond acceptors (Lipinski definition) is 14. The molecule has 0 aliphatic heterocycles. The number of rotatable bonds is 27. The first-order valence-corrected chi connectivity index (χ1v) is 23.4. The first kappa shape index (κ1) is 39.2. The van der Waals surface area contributed by atoms with Crippen LogP contribution < -0.4 is 5.32 Å². The van der Waals surface area contributed by atoms with Gasteiger partial charge in [0.15, 0.2) is 0 Å². The van der Waals surface area contributed by atoms with Gasteiger partial charge in [0.05, 0.1) is 19.7 Å². The summed E-state index contributed by atoms with van der Waals surface area (Å²) in [5, 5.41) is 15.7. The Morgan fingerprint density at radius 3 is 2.00 bits per heavy atom. The minimum absolute atomic E-state index is 0.0538. The van der Waals surface area contributed by atoms with Crippen molar-refractivity contribution in [1.29, 1.82) is 0 Å². The maximum atomic E-state index is 11.9. The third-order valence-corrected chi connectivity index (χ3v) is 14.7. The summed E-state index contributed by atoms with van der Waals surface area (Å²) in [5.74, 6) is 6.36. The average Bonchev–Trinajstić information content (AvgIpc) is 2.88. The van der Waals surface area contributed by atoms with Crippen molar-refractivity contribution >= 4 is 133 Å². The first-order valence-electron chi connectivity index (χ1n) is 11.3. The summed E-state index contributed by atoms with van der Waals surface area (Å²) in [6.45, 7) is 2.00. The summed E-state index contributed by atoms with van der Waals surface area (Å²) in [5.41, 5.74) is 3.01. The number of carbonyl (C=O) groups is 1. The lowest BCUT2D eigenvalue weighted by molar-refractivity contribution is 0.261. The molecule has 0 aromatic heterocycles. The minimum Gasteiger partial charge on any atom is -0.611 e. The average molecular weight is 706 g/mol. The third kappa shape index (κ3) is 32.6. The molecule has 0 aliphatic carbocycles. The van der Waals surface area contributed by atoms with Gasteiger partial charge in [0.25, 0.3) is 5.24 Å². The number of aliphatic hydroxyl groups excluding tert-OH is 1. The Kier molecular flexibility index (Phi) is 34.6. The molecule has 0 radical (unpaired) electrons. The molecule has 0 rings (SSSR count). The van der Waals surface area contributed by atoms with Crippen LogP contribution in [0.1, 0.15) is 0 Å². The molecule has 0 heterocycles. The van der Waals surface area contributed by atoms with Crippen LogP contribution in [0.15, 0.2) is 9.98 Å². The second-order valence-corrected chi connectivity index (χ2v) is 19.2. The zero-order valence-electron chi connectivity index (χ0n) is 21.1. The van der Waals surface area contributed by atoms with Crippen LogP contribution in [0.25, 0.3) is 0 Å². The van der Waals surface area contributed by atoms with Crippen molar-refractivity contribution in [2.45, 2.75) is 0 Å². The van der Waals surface area contributed by atoms with Crippen LogP contribution in [0.4, 0.5) is 4.79 Å². The van der Waals surface area contributed by atoms with E-state index in [9.17, 15) is 13.9 Å². The Bertz CT molecular complexity index is 570. The van der Waals surface area contributed by atoms with Gasteiger partial charge < -0.3 is 19.5 Å². The van der Waals surface area contributed by atoms with Gasteiger partial charge in [-0.25, -0.2) is 9.98 Å². The molecule has 0 bridgehead atoms. The number of nitrogens with one attached hydrogen (secondary N) is 1. The number of aliphatic imine (C=N–C) groups is 2. The van der Waals surface area contributed by atoms with Crippen molar-refractivity contribution in [1.82, 2.24) is 5.32 Å². The molecule has 17 heteroatoms. The van der Waals surface area contributed by atoms with Gasteiger partial charge in [0.2, 0.25) is 11.1 Å². The van der Waals surface area contributed by atoms with E-state index in [0.717, 1.165) is 61.4 Å². The summed E-state index contributed by atoms with van der Waals surface area (Å²) < 4.78 is 23.0. The molecule has 37 heavy (non-hydrogen) atoms.